The number of rotatable bonds is 2. The highest BCUT2D eigenvalue weighted by Gasteiger charge is 1.90. The molecule has 3 aromatic rings. The van der Waals surface area contributed by atoms with Crippen molar-refractivity contribution < 1.29 is 0 Å². The molecule has 0 aliphatic carbocycles. The number of benzene rings is 3. The molecule has 3 aromatic carbocycles. The largest absolute Gasteiger partial charge is 0.0985 e. The molecule has 0 amide bonds. The quantitative estimate of drug-likeness (QED) is 0.544. The normalized spacial score (nSPS) is 9.40. The Morgan fingerprint density at radius 1 is 0.550 bits per heavy atom. The summed E-state index contributed by atoms with van der Waals surface area (Å²) in [5, 5.41) is 2.55. The SMILES string of the molecule is C=Cc1ccc2ccccc2c1.C=Cc1ccccc1. The monoisotopic (exact) mass is 258 g/mol. The molecule has 0 radical (unpaired) electrons. The summed E-state index contributed by atoms with van der Waals surface area (Å²) in [6.07, 6.45) is 3.70. The smallest absolute Gasteiger partial charge is 0.0178 e. The van der Waals surface area contributed by atoms with Crippen LogP contribution in [-0.4, -0.2) is 0 Å². The van der Waals surface area contributed by atoms with Gasteiger partial charge in [-0.25, -0.2) is 0 Å². The van der Waals surface area contributed by atoms with Crippen LogP contribution in [0.15, 0.2) is 86.0 Å². The maximum absolute atomic E-state index is 3.74. The summed E-state index contributed by atoms with van der Waals surface area (Å²) in [5.74, 6) is 0. The molecule has 0 aliphatic rings. The number of hydrogen-bond donors (Lipinski definition) is 0. The van der Waals surface area contributed by atoms with Crippen LogP contribution in [0.1, 0.15) is 11.1 Å². The van der Waals surface area contributed by atoms with Crippen molar-refractivity contribution in [3.05, 3.63) is 97.1 Å². The molecule has 0 saturated carbocycles. The van der Waals surface area contributed by atoms with E-state index in [1.807, 2.05) is 42.5 Å². The summed E-state index contributed by atoms with van der Waals surface area (Å²) >= 11 is 0. The van der Waals surface area contributed by atoms with Gasteiger partial charge in [0.2, 0.25) is 0 Å². The Morgan fingerprint density at radius 3 is 1.75 bits per heavy atom. The molecule has 0 N–H and O–H groups in total. The van der Waals surface area contributed by atoms with Gasteiger partial charge in [0.05, 0.1) is 0 Å². The van der Waals surface area contributed by atoms with E-state index in [1.54, 1.807) is 0 Å². The topological polar surface area (TPSA) is 0 Å². The van der Waals surface area contributed by atoms with Crippen LogP contribution in [0.2, 0.25) is 0 Å². The first-order valence-electron chi connectivity index (χ1n) is 6.62. The van der Waals surface area contributed by atoms with Gasteiger partial charge >= 0.3 is 0 Å². The van der Waals surface area contributed by atoms with Crippen molar-refractivity contribution in [1.82, 2.24) is 0 Å². The lowest BCUT2D eigenvalue weighted by Crippen LogP contribution is -1.73. The lowest BCUT2D eigenvalue weighted by atomic mass is 10.1. The van der Waals surface area contributed by atoms with Gasteiger partial charge in [0.15, 0.2) is 0 Å². The number of hydrogen-bond acceptors (Lipinski definition) is 0. The van der Waals surface area contributed by atoms with E-state index in [4.69, 9.17) is 0 Å². The van der Waals surface area contributed by atoms with Crippen LogP contribution < -0.4 is 0 Å². The second kappa shape index (κ2) is 7.10. The molecule has 0 aromatic heterocycles. The van der Waals surface area contributed by atoms with Gasteiger partial charge in [-0.05, 0) is 28.0 Å². The van der Waals surface area contributed by atoms with Gasteiger partial charge in [0.1, 0.15) is 0 Å². The first-order valence-corrected chi connectivity index (χ1v) is 6.62. The van der Waals surface area contributed by atoms with E-state index in [-0.39, 0.29) is 0 Å². The zero-order valence-electron chi connectivity index (χ0n) is 11.5. The van der Waals surface area contributed by atoms with Crippen LogP contribution >= 0.6 is 0 Å². The Hall–Kier alpha value is -2.60. The van der Waals surface area contributed by atoms with Gasteiger partial charge in [0, 0.05) is 0 Å². The van der Waals surface area contributed by atoms with Crippen LogP contribution in [0.25, 0.3) is 22.9 Å². The maximum atomic E-state index is 3.74. The zero-order chi connectivity index (χ0) is 14.2. The van der Waals surface area contributed by atoms with E-state index >= 15 is 0 Å². The zero-order valence-corrected chi connectivity index (χ0v) is 11.5. The minimum absolute atomic E-state index is 1.17. The maximum Gasteiger partial charge on any atom is -0.0178 e. The molecule has 0 aliphatic heterocycles. The average Bonchev–Trinajstić information content (AvgIpc) is 2.55. The highest BCUT2D eigenvalue weighted by molar-refractivity contribution is 5.84. The molecule has 0 spiro atoms. The lowest BCUT2D eigenvalue weighted by Gasteiger charge is -1.97. The molecule has 0 fully saturated rings. The first kappa shape index (κ1) is 13.8. The van der Waals surface area contributed by atoms with Crippen LogP contribution in [0.3, 0.4) is 0 Å². The molecule has 0 nitrogen and oxygen atoms in total. The highest BCUT2D eigenvalue weighted by atomic mass is 14.0. The van der Waals surface area contributed by atoms with Crippen LogP contribution in [0.5, 0.6) is 0 Å². The van der Waals surface area contributed by atoms with Crippen LogP contribution in [0.4, 0.5) is 0 Å². The van der Waals surface area contributed by atoms with Gasteiger partial charge < -0.3 is 0 Å². The van der Waals surface area contributed by atoms with E-state index in [1.165, 1.54) is 21.9 Å². The minimum Gasteiger partial charge on any atom is -0.0985 e. The van der Waals surface area contributed by atoms with Gasteiger partial charge in [0.25, 0.3) is 0 Å². The average molecular weight is 258 g/mol. The van der Waals surface area contributed by atoms with Crippen LogP contribution in [0, 0.1) is 0 Å². The summed E-state index contributed by atoms with van der Waals surface area (Å²) in [6.45, 7) is 7.37. The minimum atomic E-state index is 1.17. The van der Waals surface area contributed by atoms with Gasteiger partial charge in [-0.15, -0.1) is 0 Å². The Balaban J connectivity index is 0.000000160. The third-order valence-corrected chi connectivity index (χ3v) is 3.04. The number of fused-ring (bicyclic) bond motifs is 1. The van der Waals surface area contributed by atoms with Crippen molar-refractivity contribution in [2.75, 3.05) is 0 Å². The second-order valence-electron chi connectivity index (χ2n) is 4.43. The molecule has 0 atom stereocenters. The molecule has 0 heteroatoms. The van der Waals surface area contributed by atoms with E-state index in [9.17, 15) is 0 Å². The fourth-order valence-electron chi connectivity index (χ4n) is 1.92. The Kier molecular flexibility index (Phi) is 4.91. The standard InChI is InChI=1S/C12H10.C8H8/c1-2-10-7-8-11-5-3-4-6-12(11)9-10;1-2-8-6-4-3-5-7-8/h2-9H,1H2;2-7H,1H2. The van der Waals surface area contributed by atoms with Gasteiger partial charge in [-0.2, -0.15) is 0 Å². The predicted molar refractivity (Wildman–Crippen MR) is 90.6 cm³/mol. The highest BCUT2D eigenvalue weighted by Crippen LogP contribution is 2.15. The lowest BCUT2D eigenvalue weighted by molar-refractivity contribution is 1.67. The van der Waals surface area contributed by atoms with E-state index in [0.29, 0.717) is 0 Å². The van der Waals surface area contributed by atoms with Crippen LogP contribution in [-0.2, 0) is 0 Å². The fraction of sp³-hybridized carbons (Fsp3) is 0. The van der Waals surface area contributed by atoms with Crippen molar-refractivity contribution in [2.24, 2.45) is 0 Å². The second-order valence-corrected chi connectivity index (χ2v) is 4.43. The molecule has 20 heavy (non-hydrogen) atoms. The third-order valence-electron chi connectivity index (χ3n) is 3.04. The van der Waals surface area contributed by atoms with Crippen molar-refractivity contribution in [2.45, 2.75) is 0 Å². The first-order chi connectivity index (χ1) is 9.83. The van der Waals surface area contributed by atoms with Crippen molar-refractivity contribution in [3.8, 4) is 0 Å². The van der Waals surface area contributed by atoms with Gasteiger partial charge in [-0.3, -0.25) is 0 Å². The summed E-state index contributed by atoms with van der Waals surface area (Å²) in [6, 6.07) is 24.7. The summed E-state index contributed by atoms with van der Waals surface area (Å²) < 4.78 is 0. The van der Waals surface area contributed by atoms with E-state index < -0.39 is 0 Å². The van der Waals surface area contributed by atoms with E-state index in [0.717, 1.165) is 0 Å². The van der Waals surface area contributed by atoms with E-state index in [2.05, 4.69) is 55.6 Å². The Labute approximate surface area is 120 Å². The fourth-order valence-corrected chi connectivity index (χ4v) is 1.92. The molecular formula is C20H18. The molecule has 0 saturated heterocycles. The van der Waals surface area contributed by atoms with Crippen molar-refractivity contribution >= 4 is 22.9 Å². The Bertz CT molecular complexity index is 693. The molecule has 0 bridgehead atoms. The summed E-state index contributed by atoms with van der Waals surface area (Å²) in [4.78, 5) is 0. The summed E-state index contributed by atoms with van der Waals surface area (Å²) in [7, 11) is 0. The molecule has 0 unspecified atom stereocenters. The van der Waals surface area contributed by atoms with Crippen molar-refractivity contribution in [1.29, 1.82) is 0 Å². The summed E-state index contributed by atoms with van der Waals surface area (Å²) in [5.41, 5.74) is 2.35. The molecule has 0 heterocycles. The third kappa shape index (κ3) is 3.69. The van der Waals surface area contributed by atoms with Gasteiger partial charge in [-0.1, -0.05) is 92.0 Å². The predicted octanol–water partition coefficient (Wildman–Crippen LogP) is 5.81. The van der Waals surface area contributed by atoms with Crippen molar-refractivity contribution in [3.63, 3.8) is 0 Å². The molecular weight excluding hydrogens is 240 g/mol. The molecule has 3 rings (SSSR count). The Morgan fingerprint density at radius 2 is 1.15 bits per heavy atom. The molecule has 98 valence electrons.